The van der Waals surface area contributed by atoms with E-state index < -0.39 is 78.5 Å². The molecule has 1 aliphatic rings. The van der Waals surface area contributed by atoms with Gasteiger partial charge in [-0.05, 0) is 57.8 Å². The molecular weight excluding hydrogens is 719 g/mol. The largest absolute Gasteiger partial charge is 0.397 e. The van der Waals surface area contributed by atoms with Crippen LogP contribution in [0, 0.1) is 0 Å². The quantitative estimate of drug-likeness (QED) is 0.0241. The number of hydrogen-bond donors (Lipinski definition) is 7. The molecule has 0 bridgehead atoms. The van der Waals surface area contributed by atoms with Crippen LogP contribution in [0.4, 0.5) is 0 Å². The van der Waals surface area contributed by atoms with E-state index in [4.69, 9.17) is 14.0 Å². The third-order valence-electron chi connectivity index (χ3n) is 9.50. The van der Waals surface area contributed by atoms with Gasteiger partial charge in [-0.25, -0.2) is 4.18 Å². The highest BCUT2D eigenvalue weighted by Gasteiger charge is 2.48. The lowest BCUT2D eigenvalue weighted by Crippen LogP contribution is -2.61. The van der Waals surface area contributed by atoms with Crippen molar-refractivity contribution < 1.29 is 57.0 Å². The van der Waals surface area contributed by atoms with Gasteiger partial charge in [0.25, 0.3) is 0 Å². The van der Waals surface area contributed by atoms with Gasteiger partial charge in [0.2, 0.25) is 5.91 Å². The molecule has 0 aromatic carbocycles. The van der Waals surface area contributed by atoms with Gasteiger partial charge in [0.15, 0.2) is 6.29 Å². The van der Waals surface area contributed by atoms with Gasteiger partial charge in [0.1, 0.15) is 30.5 Å². The minimum atomic E-state index is -5.12. The number of carbonyl (C=O) groups excluding carboxylic acids is 1. The molecule has 0 aromatic rings. The Hall–Kier alpha value is -1.72. The van der Waals surface area contributed by atoms with Crippen molar-refractivity contribution >= 4 is 16.3 Å². The number of allylic oxidation sites excluding steroid dienone is 5. The van der Waals surface area contributed by atoms with Crippen LogP contribution < -0.4 is 5.32 Å². The number of hydrogen-bond acceptors (Lipinski definition) is 11. The molecule has 1 aliphatic heterocycles. The van der Waals surface area contributed by atoms with Gasteiger partial charge < -0.3 is 40.3 Å². The summed E-state index contributed by atoms with van der Waals surface area (Å²) in [4.78, 5) is 13.0. The highest BCUT2D eigenvalue weighted by atomic mass is 32.3. The van der Waals surface area contributed by atoms with Crippen molar-refractivity contribution in [1.82, 2.24) is 5.32 Å². The summed E-state index contributed by atoms with van der Waals surface area (Å²) in [6, 6.07) is -1.14. The second-order valence-corrected chi connectivity index (χ2v) is 15.4. The Balaban J connectivity index is 2.72. The summed E-state index contributed by atoms with van der Waals surface area (Å²) in [5.41, 5.74) is 0. The van der Waals surface area contributed by atoms with E-state index in [0.717, 1.165) is 51.4 Å². The molecule has 0 aromatic heterocycles. The molecule has 0 saturated carbocycles. The zero-order chi connectivity index (χ0) is 40.0. The molecule has 0 spiro atoms. The number of nitrogens with one attached hydrogen (secondary N) is 1. The molecule has 1 fully saturated rings. The Morgan fingerprint density at radius 3 is 1.81 bits per heavy atom. The van der Waals surface area contributed by atoms with Gasteiger partial charge in [-0.2, -0.15) is 8.42 Å². The van der Waals surface area contributed by atoms with Crippen LogP contribution in [0.5, 0.6) is 0 Å². The van der Waals surface area contributed by atoms with E-state index in [-0.39, 0.29) is 6.42 Å². The first-order valence-electron chi connectivity index (χ1n) is 20.5. The standard InChI is InChI=1S/C40H73NO12S/c1-3-5-7-9-11-13-15-16-17-19-20-22-24-26-28-33(43)32(31-51-40-37(46)38(53-54(48,49)50)36(45)35(30-42)52-40)41-39(47)34(44)29-27-25-23-21-18-14-12-10-8-6-4-2/h12,14,19-20,26,28,32-38,40,42-46H,3-11,13,15-18,21-25,27,29-31H2,1-2H3,(H,41,47)(H,48,49,50)/b14-12-,20-19+,28-26+. The van der Waals surface area contributed by atoms with E-state index in [1.807, 2.05) is 0 Å². The van der Waals surface area contributed by atoms with Crippen molar-refractivity contribution in [3.63, 3.8) is 0 Å². The molecule has 1 saturated heterocycles. The number of unbranched alkanes of at least 4 members (excludes halogenated alkanes) is 16. The predicted molar refractivity (Wildman–Crippen MR) is 210 cm³/mol. The van der Waals surface area contributed by atoms with Crippen molar-refractivity contribution in [3.05, 3.63) is 36.5 Å². The summed E-state index contributed by atoms with van der Waals surface area (Å²) in [6.07, 6.45) is 22.5. The normalized spacial score (nSPS) is 22.7. The smallest absolute Gasteiger partial charge is 0.394 e. The van der Waals surface area contributed by atoms with Crippen molar-refractivity contribution in [2.75, 3.05) is 13.2 Å². The molecular formula is C40H73NO12S. The first kappa shape index (κ1) is 50.3. The summed E-state index contributed by atoms with van der Waals surface area (Å²) in [7, 11) is -5.12. The minimum absolute atomic E-state index is 0.221. The number of aliphatic hydroxyl groups excluding tert-OH is 5. The summed E-state index contributed by atoms with van der Waals surface area (Å²) in [5.74, 6) is -0.726. The van der Waals surface area contributed by atoms with Crippen LogP contribution in [-0.4, -0.2) is 107 Å². The number of carbonyl (C=O) groups is 1. The average Bonchev–Trinajstić information content (AvgIpc) is 3.14. The fourth-order valence-corrected chi connectivity index (χ4v) is 6.68. The Morgan fingerprint density at radius 2 is 1.24 bits per heavy atom. The van der Waals surface area contributed by atoms with Gasteiger partial charge in [0, 0.05) is 0 Å². The second-order valence-electron chi connectivity index (χ2n) is 14.3. The van der Waals surface area contributed by atoms with E-state index in [9.17, 15) is 38.7 Å². The van der Waals surface area contributed by atoms with Crippen molar-refractivity contribution in [1.29, 1.82) is 0 Å². The van der Waals surface area contributed by atoms with Crippen molar-refractivity contribution in [3.8, 4) is 0 Å². The topological polar surface area (TPSA) is 212 Å². The van der Waals surface area contributed by atoms with E-state index in [1.54, 1.807) is 6.08 Å². The fourth-order valence-electron chi connectivity index (χ4n) is 6.17. The first-order valence-corrected chi connectivity index (χ1v) is 21.8. The molecule has 1 rings (SSSR count). The number of rotatable bonds is 33. The zero-order valence-corrected chi connectivity index (χ0v) is 33.7. The minimum Gasteiger partial charge on any atom is -0.394 e. The maximum Gasteiger partial charge on any atom is 0.397 e. The van der Waals surface area contributed by atoms with E-state index in [1.165, 1.54) is 70.3 Å². The Kier molecular flexibility index (Phi) is 29.2. The molecule has 14 heteroatoms. The van der Waals surface area contributed by atoms with Crippen LogP contribution in [0.25, 0.3) is 0 Å². The van der Waals surface area contributed by atoms with Crippen LogP contribution in [0.3, 0.4) is 0 Å². The monoisotopic (exact) mass is 791 g/mol. The van der Waals surface area contributed by atoms with Crippen molar-refractivity contribution in [2.45, 2.75) is 198 Å². The van der Waals surface area contributed by atoms with Crippen LogP contribution in [-0.2, 0) is 28.9 Å². The predicted octanol–water partition coefficient (Wildman–Crippen LogP) is 5.74. The highest BCUT2D eigenvalue weighted by Crippen LogP contribution is 2.26. The average molecular weight is 792 g/mol. The lowest BCUT2D eigenvalue weighted by atomic mass is 9.99. The van der Waals surface area contributed by atoms with Gasteiger partial charge in [-0.3, -0.25) is 9.35 Å². The molecule has 316 valence electrons. The van der Waals surface area contributed by atoms with E-state index >= 15 is 0 Å². The van der Waals surface area contributed by atoms with Crippen LogP contribution >= 0.6 is 0 Å². The van der Waals surface area contributed by atoms with Crippen LogP contribution in [0.1, 0.15) is 149 Å². The maximum absolute atomic E-state index is 13.0. The molecule has 8 unspecified atom stereocenters. The van der Waals surface area contributed by atoms with E-state index in [0.29, 0.717) is 12.8 Å². The molecule has 0 aliphatic carbocycles. The Bertz CT molecular complexity index is 1130. The Labute approximate surface area is 325 Å². The fraction of sp³-hybridized carbons (Fsp3) is 0.825. The molecule has 7 N–H and O–H groups in total. The summed E-state index contributed by atoms with van der Waals surface area (Å²) in [5, 5.41) is 54.9. The molecule has 8 atom stereocenters. The lowest BCUT2D eigenvalue weighted by molar-refractivity contribution is -0.298. The summed E-state index contributed by atoms with van der Waals surface area (Å²) < 4.78 is 47.3. The first-order chi connectivity index (χ1) is 25.9. The van der Waals surface area contributed by atoms with Gasteiger partial charge in [0.05, 0.1) is 25.4 Å². The third-order valence-corrected chi connectivity index (χ3v) is 9.97. The maximum atomic E-state index is 13.0. The zero-order valence-electron chi connectivity index (χ0n) is 32.9. The third kappa shape index (κ3) is 24.0. The summed E-state index contributed by atoms with van der Waals surface area (Å²) in [6.45, 7) is 3.12. The lowest BCUT2D eigenvalue weighted by Gasteiger charge is -2.41. The molecule has 0 radical (unpaired) electrons. The van der Waals surface area contributed by atoms with Gasteiger partial charge in [-0.15, -0.1) is 0 Å². The second kappa shape index (κ2) is 31.4. The summed E-state index contributed by atoms with van der Waals surface area (Å²) >= 11 is 0. The Morgan fingerprint density at radius 1 is 0.741 bits per heavy atom. The molecule has 1 amide bonds. The van der Waals surface area contributed by atoms with Crippen LogP contribution in [0.15, 0.2) is 36.5 Å². The number of amides is 1. The van der Waals surface area contributed by atoms with Gasteiger partial charge >= 0.3 is 10.4 Å². The van der Waals surface area contributed by atoms with Crippen molar-refractivity contribution in [2.24, 2.45) is 0 Å². The number of ether oxygens (including phenoxy) is 2. The molecule has 54 heavy (non-hydrogen) atoms. The molecule has 1 heterocycles. The molecule has 13 nitrogen and oxygen atoms in total. The highest BCUT2D eigenvalue weighted by molar-refractivity contribution is 7.80. The van der Waals surface area contributed by atoms with E-state index in [2.05, 4.69) is 47.7 Å². The van der Waals surface area contributed by atoms with Crippen LogP contribution in [0.2, 0.25) is 0 Å². The number of aliphatic hydroxyl groups is 5. The van der Waals surface area contributed by atoms with Gasteiger partial charge in [-0.1, -0.05) is 127 Å². The SMILES string of the molecule is CCCCC/C=C\CCCCCCC(O)C(=O)NC(COC1OC(CO)C(O)C(OS(=O)(=O)O)C1O)C(O)/C=C/CC/C=C/CCCCCCCCCC.